The summed E-state index contributed by atoms with van der Waals surface area (Å²) in [6, 6.07) is 0. The molecule has 0 saturated carbocycles. The van der Waals surface area contributed by atoms with Crippen LogP contribution in [-0.4, -0.2) is 38.4 Å². The first-order chi connectivity index (χ1) is 8.12. The van der Waals surface area contributed by atoms with Gasteiger partial charge in [0.15, 0.2) is 0 Å². The Morgan fingerprint density at radius 3 is 2.28 bits per heavy atom. The highest BCUT2D eigenvalue weighted by atomic mass is 32.3. The van der Waals surface area contributed by atoms with Gasteiger partial charge >= 0.3 is 10.4 Å². The smallest absolute Gasteiger partial charge is 0.294 e. The molecule has 0 aliphatic heterocycles. The molecule has 0 amide bonds. The van der Waals surface area contributed by atoms with Gasteiger partial charge in [-0.15, -0.1) is 0 Å². The van der Waals surface area contributed by atoms with Crippen LogP contribution in [0.2, 0.25) is 19.6 Å². The van der Waals surface area contributed by atoms with Gasteiger partial charge in [0.25, 0.3) is 11.0 Å². The largest absolute Gasteiger partial charge is 0.390 e. The highest BCUT2D eigenvalue weighted by molar-refractivity contribution is 7.83. The Kier molecular flexibility index (Phi) is 7.90. The molecule has 0 spiro atoms. The van der Waals surface area contributed by atoms with E-state index in [0.717, 1.165) is 0 Å². The summed E-state index contributed by atoms with van der Waals surface area (Å²) in [5.74, 6) is 0. The zero-order valence-electron chi connectivity index (χ0n) is 10.5. The summed E-state index contributed by atoms with van der Waals surface area (Å²) in [5.41, 5.74) is 0. The molecule has 0 radical (unpaired) electrons. The lowest BCUT2D eigenvalue weighted by Gasteiger charge is -2.15. The van der Waals surface area contributed by atoms with E-state index in [2.05, 4.69) is 8.37 Å². The van der Waals surface area contributed by atoms with E-state index in [0.29, 0.717) is 6.42 Å². The Hall–Kier alpha value is -0.263. The molecule has 0 aliphatic rings. The minimum Gasteiger partial charge on any atom is -0.294 e. The molecular weight excluding hydrogens is 300 g/mol. The maximum atomic E-state index is 11.3. The summed E-state index contributed by atoms with van der Waals surface area (Å²) in [7, 11) is -9.01. The van der Waals surface area contributed by atoms with E-state index in [1.807, 2.05) is 0 Å². The molecule has 0 saturated heterocycles. The standard InChI is InChI=1S/C8H18O7S2Si/c1-18(2,3)15-17(11,12)14-8-6-4-5-7-13-16(9)10/h4,6,16H,5,7-8H2,1-3H3/b6-4+. The third kappa shape index (κ3) is 12.2. The maximum absolute atomic E-state index is 11.3. The van der Waals surface area contributed by atoms with Gasteiger partial charge in [0.05, 0.1) is 13.2 Å². The first-order valence-corrected chi connectivity index (χ1v) is 11.0. The molecule has 0 aliphatic carbocycles. The van der Waals surface area contributed by atoms with Crippen LogP contribution in [0.15, 0.2) is 12.2 Å². The van der Waals surface area contributed by atoms with Gasteiger partial charge in [0, 0.05) is 0 Å². The predicted molar refractivity (Wildman–Crippen MR) is 69.3 cm³/mol. The van der Waals surface area contributed by atoms with Crippen LogP contribution in [0.5, 0.6) is 0 Å². The van der Waals surface area contributed by atoms with E-state index in [1.54, 1.807) is 25.7 Å². The van der Waals surface area contributed by atoms with Crippen molar-refractivity contribution in [2.75, 3.05) is 13.2 Å². The minimum absolute atomic E-state index is 0.0212. The summed E-state index contributed by atoms with van der Waals surface area (Å²) < 4.78 is 56.3. The third-order valence-electron chi connectivity index (χ3n) is 1.31. The fourth-order valence-electron chi connectivity index (χ4n) is 0.834. The fourth-order valence-corrected chi connectivity index (χ4v) is 3.98. The van der Waals surface area contributed by atoms with Crippen molar-refractivity contribution in [2.45, 2.75) is 26.1 Å². The fraction of sp³-hybridized carbons (Fsp3) is 0.750. The molecule has 0 unspecified atom stereocenters. The molecule has 0 aromatic heterocycles. The van der Waals surface area contributed by atoms with Gasteiger partial charge in [-0.25, -0.2) is 12.6 Å². The van der Waals surface area contributed by atoms with Gasteiger partial charge in [-0.3, -0.25) is 8.06 Å². The van der Waals surface area contributed by atoms with Crippen LogP contribution in [0.4, 0.5) is 0 Å². The molecule has 0 bridgehead atoms. The van der Waals surface area contributed by atoms with Crippen molar-refractivity contribution in [1.82, 2.24) is 0 Å². The van der Waals surface area contributed by atoms with Gasteiger partial charge in [-0.2, -0.15) is 8.42 Å². The average Bonchev–Trinajstić information content (AvgIpc) is 2.11. The van der Waals surface area contributed by atoms with E-state index in [9.17, 15) is 16.8 Å². The average molecular weight is 318 g/mol. The lowest BCUT2D eigenvalue weighted by Crippen LogP contribution is -2.30. The number of hydrogen-bond acceptors (Lipinski definition) is 7. The second-order valence-electron chi connectivity index (χ2n) is 4.21. The zero-order chi connectivity index (χ0) is 14.2. The molecular formula is C8H18O7S2Si. The van der Waals surface area contributed by atoms with Gasteiger partial charge in [0.2, 0.25) is 8.32 Å². The van der Waals surface area contributed by atoms with Crippen molar-refractivity contribution >= 4 is 29.7 Å². The quantitative estimate of drug-likeness (QED) is 0.288. The first kappa shape index (κ1) is 17.7. The Labute approximate surface area is 110 Å². The lowest BCUT2D eigenvalue weighted by molar-refractivity contribution is 0.300. The number of rotatable bonds is 9. The second-order valence-corrected chi connectivity index (χ2v) is 10.9. The Bertz CT molecular complexity index is 425. The van der Waals surface area contributed by atoms with E-state index >= 15 is 0 Å². The predicted octanol–water partition coefficient (Wildman–Crippen LogP) is 0.589. The van der Waals surface area contributed by atoms with Gasteiger partial charge in [0.1, 0.15) is 0 Å². The first-order valence-electron chi connectivity index (χ1n) is 5.15. The molecule has 0 aromatic carbocycles. The van der Waals surface area contributed by atoms with Gasteiger partial charge in [-0.1, -0.05) is 12.2 Å². The monoisotopic (exact) mass is 318 g/mol. The van der Waals surface area contributed by atoms with Crippen molar-refractivity contribution in [2.24, 2.45) is 0 Å². The number of hydrogen-bond donors (Lipinski definition) is 1. The van der Waals surface area contributed by atoms with Crippen LogP contribution in [0.1, 0.15) is 6.42 Å². The molecule has 7 nitrogen and oxygen atoms in total. The Morgan fingerprint density at radius 2 is 1.78 bits per heavy atom. The highest BCUT2D eigenvalue weighted by Gasteiger charge is 2.24. The summed E-state index contributed by atoms with van der Waals surface area (Å²) in [6.07, 6.45) is 3.36. The van der Waals surface area contributed by atoms with Crippen LogP contribution in [0.25, 0.3) is 0 Å². The van der Waals surface area contributed by atoms with E-state index in [-0.39, 0.29) is 13.2 Å². The molecule has 0 atom stereocenters. The molecule has 18 heavy (non-hydrogen) atoms. The number of thiol groups is 1. The van der Waals surface area contributed by atoms with Crippen molar-refractivity contribution in [3.8, 4) is 0 Å². The van der Waals surface area contributed by atoms with E-state index < -0.39 is 29.7 Å². The van der Waals surface area contributed by atoms with Crippen LogP contribution in [-0.2, 0) is 33.6 Å². The molecule has 108 valence electrons. The van der Waals surface area contributed by atoms with Crippen molar-refractivity contribution < 1.29 is 29.1 Å². The normalized spacial score (nSPS) is 13.6. The van der Waals surface area contributed by atoms with Gasteiger partial charge in [-0.05, 0) is 26.1 Å². The highest BCUT2D eigenvalue weighted by Crippen LogP contribution is 2.09. The molecule has 0 heterocycles. The van der Waals surface area contributed by atoms with E-state index in [1.165, 1.54) is 6.08 Å². The summed E-state index contributed by atoms with van der Waals surface area (Å²) >= 11 is 0. The summed E-state index contributed by atoms with van der Waals surface area (Å²) in [5, 5.41) is 0. The van der Waals surface area contributed by atoms with Crippen LogP contribution in [0.3, 0.4) is 0 Å². The zero-order valence-corrected chi connectivity index (χ0v) is 13.2. The van der Waals surface area contributed by atoms with E-state index in [4.69, 9.17) is 3.87 Å². The van der Waals surface area contributed by atoms with Crippen LogP contribution < -0.4 is 0 Å². The molecule has 0 aromatic rings. The molecule has 0 rings (SSSR count). The lowest BCUT2D eigenvalue weighted by atomic mass is 10.4. The van der Waals surface area contributed by atoms with Crippen LogP contribution in [0, 0.1) is 0 Å². The summed E-state index contributed by atoms with van der Waals surface area (Å²) in [4.78, 5) is 0. The summed E-state index contributed by atoms with van der Waals surface area (Å²) in [6.45, 7) is 5.05. The minimum atomic E-state index is -3.96. The maximum Gasteiger partial charge on any atom is 0.390 e. The Balaban J connectivity index is 3.86. The molecule has 0 N–H and O–H groups in total. The molecule has 0 fully saturated rings. The van der Waals surface area contributed by atoms with Gasteiger partial charge < -0.3 is 0 Å². The van der Waals surface area contributed by atoms with Crippen LogP contribution >= 0.6 is 0 Å². The van der Waals surface area contributed by atoms with Crippen molar-refractivity contribution in [3.63, 3.8) is 0 Å². The van der Waals surface area contributed by atoms with Crippen molar-refractivity contribution in [1.29, 1.82) is 0 Å². The second kappa shape index (κ2) is 8.02. The topological polar surface area (TPSA) is 96.0 Å². The third-order valence-corrected chi connectivity index (χ3v) is 4.94. The van der Waals surface area contributed by atoms with Crippen molar-refractivity contribution in [3.05, 3.63) is 12.2 Å². The SMILES string of the molecule is C[Si](C)(C)OS(=O)(=O)OC/C=C/CCO[SH](=O)=O. The Morgan fingerprint density at radius 1 is 1.17 bits per heavy atom. The molecule has 10 heteroatoms.